The molecule has 5 nitrogen and oxygen atoms in total. The Hall–Kier alpha value is -0.650. The van der Waals surface area contributed by atoms with Crippen LogP contribution in [-0.2, 0) is 19.0 Å². The molecule has 3 rings (SSSR count). The van der Waals surface area contributed by atoms with E-state index in [1.807, 2.05) is 13.8 Å². The zero-order chi connectivity index (χ0) is 14.2. The van der Waals surface area contributed by atoms with E-state index in [9.17, 15) is 9.90 Å². The van der Waals surface area contributed by atoms with Crippen LogP contribution in [0.4, 0.5) is 0 Å². The van der Waals surface area contributed by atoms with E-state index in [1.165, 1.54) is 0 Å². The van der Waals surface area contributed by atoms with Gasteiger partial charge in [0.05, 0.1) is 17.6 Å². The molecule has 0 saturated carbocycles. The summed E-state index contributed by atoms with van der Waals surface area (Å²) < 4.78 is 17.7. The van der Waals surface area contributed by atoms with Gasteiger partial charge >= 0.3 is 5.97 Å². The fraction of sp³-hybridized carbons (Fsp3) is 0.929. The molecule has 3 aliphatic rings. The minimum Gasteiger partial charge on any atom is -0.430 e. The molecule has 3 aliphatic heterocycles. The molecule has 0 aromatic heterocycles. The molecule has 3 fully saturated rings. The third-order valence-corrected chi connectivity index (χ3v) is 5.25. The normalized spacial score (nSPS) is 60.6. The van der Waals surface area contributed by atoms with E-state index in [0.29, 0.717) is 6.42 Å². The largest absolute Gasteiger partial charge is 0.430 e. The molecule has 3 unspecified atom stereocenters. The van der Waals surface area contributed by atoms with Crippen LogP contribution in [0.5, 0.6) is 0 Å². The quantitative estimate of drug-likeness (QED) is 0.671. The molecule has 7 atom stereocenters. The molecule has 0 aromatic carbocycles. The summed E-state index contributed by atoms with van der Waals surface area (Å²) >= 11 is 0. The third kappa shape index (κ3) is 1.44. The van der Waals surface area contributed by atoms with Crippen molar-refractivity contribution in [2.75, 3.05) is 0 Å². The second kappa shape index (κ2) is 3.51. The van der Waals surface area contributed by atoms with Crippen LogP contribution in [0, 0.1) is 11.8 Å². The summed E-state index contributed by atoms with van der Waals surface area (Å²) in [7, 11) is 0. The first-order valence-electron chi connectivity index (χ1n) is 6.92. The maximum Gasteiger partial charge on any atom is 0.314 e. The zero-order valence-corrected chi connectivity index (χ0v) is 12.1. The molecule has 108 valence electrons. The van der Waals surface area contributed by atoms with Crippen molar-refractivity contribution in [1.29, 1.82) is 0 Å². The standard InChI is InChI=1S/C14H22O5/c1-7-6-12(3)10-8(2)11(16)18-14(5,17-10)13(4,19-12)9(7)15/h7-10,15H,6H2,1-5H3/t7?,8?,9?,10-,12+,13-,14-/m0/s1. The highest BCUT2D eigenvalue weighted by Crippen LogP contribution is 2.56. The van der Waals surface area contributed by atoms with Crippen molar-refractivity contribution in [2.45, 2.75) is 70.2 Å². The van der Waals surface area contributed by atoms with Gasteiger partial charge in [0.15, 0.2) is 5.60 Å². The fourth-order valence-electron chi connectivity index (χ4n) is 4.06. The van der Waals surface area contributed by atoms with Crippen LogP contribution in [0.25, 0.3) is 0 Å². The van der Waals surface area contributed by atoms with Crippen LogP contribution < -0.4 is 0 Å². The Morgan fingerprint density at radius 1 is 1.26 bits per heavy atom. The Morgan fingerprint density at radius 3 is 2.53 bits per heavy atom. The van der Waals surface area contributed by atoms with Crippen LogP contribution >= 0.6 is 0 Å². The Morgan fingerprint density at radius 2 is 1.89 bits per heavy atom. The van der Waals surface area contributed by atoms with Crippen molar-refractivity contribution in [3.63, 3.8) is 0 Å². The van der Waals surface area contributed by atoms with Gasteiger partial charge in [-0.05, 0) is 33.1 Å². The van der Waals surface area contributed by atoms with Gasteiger partial charge in [0.1, 0.15) is 6.10 Å². The van der Waals surface area contributed by atoms with Gasteiger partial charge in [-0.2, -0.15) is 0 Å². The van der Waals surface area contributed by atoms with Crippen molar-refractivity contribution >= 4 is 5.97 Å². The molecule has 1 N–H and O–H groups in total. The van der Waals surface area contributed by atoms with E-state index < -0.39 is 23.1 Å². The number of aliphatic hydroxyl groups is 1. The first-order valence-corrected chi connectivity index (χ1v) is 6.92. The van der Waals surface area contributed by atoms with E-state index in [0.717, 1.165) is 0 Å². The van der Waals surface area contributed by atoms with Gasteiger partial charge in [0, 0.05) is 6.92 Å². The first-order chi connectivity index (χ1) is 8.63. The Kier molecular flexibility index (Phi) is 2.46. The summed E-state index contributed by atoms with van der Waals surface area (Å²) in [6.07, 6.45) is -0.392. The Labute approximate surface area is 113 Å². The number of ether oxygens (including phenoxy) is 3. The molecule has 0 radical (unpaired) electrons. The zero-order valence-electron chi connectivity index (χ0n) is 12.1. The van der Waals surface area contributed by atoms with Crippen molar-refractivity contribution < 1.29 is 24.1 Å². The van der Waals surface area contributed by atoms with E-state index in [1.54, 1.807) is 20.8 Å². The maximum atomic E-state index is 12.1. The molecule has 19 heavy (non-hydrogen) atoms. The summed E-state index contributed by atoms with van der Waals surface area (Å²) in [5.74, 6) is -1.79. The van der Waals surface area contributed by atoms with Gasteiger partial charge < -0.3 is 19.3 Å². The highest BCUT2D eigenvalue weighted by Gasteiger charge is 2.71. The lowest BCUT2D eigenvalue weighted by molar-refractivity contribution is -0.457. The van der Waals surface area contributed by atoms with Crippen molar-refractivity contribution in [2.24, 2.45) is 11.8 Å². The smallest absolute Gasteiger partial charge is 0.314 e. The number of carbonyl (C=O) groups is 1. The van der Waals surface area contributed by atoms with E-state index >= 15 is 0 Å². The van der Waals surface area contributed by atoms with Crippen LogP contribution in [0.15, 0.2) is 0 Å². The average molecular weight is 270 g/mol. The van der Waals surface area contributed by atoms with Crippen LogP contribution in [-0.4, -0.2) is 40.3 Å². The van der Waals surface area contributed by atoms with Crippen molar-refractivity contribution in [1.82, 2.24) is 0 Å². The van der Waals surface area contributed by atoms with Crippen molar-refractivity contribution in [3.05, 3.63) is 0 Å². The summed E-state index contributed by atoms with van der Waals surface area (Å²) in [6.45, 7) is 9.22. The lowest BCUT2D eigenvalue weighted by atomic mass is 9.68. The number of fused-ring (bicyclic) bond motifs is 6. The number of esters is 1. The topological polar surface area (TPSA) is 65.0 Å². The lowest BCUT2D eigenvalue weighted by Gasteiger charge is -2.65. The van der Waals surface area contributed by atoms with E-state index in [4.69, 9.17) is 14.2 Å². The van der Waals surface area contributed by atoms with Gasteiger partial charge in [-0.3, -0.25) is 4.79 Å². The third-order valence-electron chi connectivity index (χ3n) is 5.25. The minimum atomic E-state index is -1.23. The maximum absolute atomic E-state index is 12.1. The number of hydrogen-bond donors (Lipinski definition) is 1. The lowest BCUT2D eigenvalue weighted by Crippen LogP contribution is -2.79. The fourth-order valence-corrected chi connectivity index (χ4v) is 4.06. The monoisotopic (exact) mass is 270 g/mol. The predicted octanol–water partition coefficient (Wildman–Crippen LogP) is 1.23. The molecule has 0 aliphatic carbocycles. The number of aliphatic hydroxyl groups excluding tert-OH is 1. The summed E-state index contributed by atoms with van der Waals surface area (Å²) in [6, 6.07) is 0. The molecule has 0 amide bonds. The van der Waals surface area contributed by atoms with Crippen LogP contribution in [0.2, 0.25) is 0 Å². The Balaban J connectivity index is 2.13. The van der Waals surface area contributed by atoms with Crippen LogP contribution in [0.3, 0.4) is 0 Å². The Bertz CT molecular complexity index is 438. The van der Waals surface area contributed by atoms with E-state index in [-0.39, 0.29) is 23.9 Å². The predicted molar refractivity (Wildman–Crippen MR) is 66.2 cm³/mol. The molecule has 0 aromatic rings. The number of hydrogen-bond acceptors (Lipinski definition) is 5. The molecule has 5 heteroatoms. The second-order valence-electron chi connectivity index (χ2n) is 6.84. The summed E-state index contributed by atoms with van der Waals surface area (Å²) in [4.78, 5) is 12.1. The molecular formula is C14H22O5. The van der Waals surface area contributed by atoms with Gasteiger partial charge in [-0.1, -0.05) is 6.92 Å². The van der Waals surface area contributed by atoms with Gasteiger partial charge in [0.25, 0.3) is 0 Å². The molecular weight excluding hydrogens is 248 g/mol. The second-order valence-corrected chi connectivity index (χ2v) is 6.84. The average Bonchev–Trinajstić information content (AvgIpc) is 2.29. The van der Waals surface area contributed by atoms with Gasteiger partial charge in [0.2, 0.25) is 5.79 Å². The number of carbonyl (C=O) groups excluding carboxylic acids is 1. The van der Waals surface area contributed by atoms with E-state index in [2.05, 4.69) is 0 Å². The van der Waals surface area contributed by atoms with Gasteiger partial charge in [-0.25, -0.2) is 0 Å². The summed E-state index contributed by atoms with van der Waals surface area (Å²) in [5, 5.41) is 10.5. The molecule has 3 heterocycles. The minimum absolute atomic E-state index is 0.0680. The van der Waals surface area contributed by atoms with Gasteiger partial charge in [-0.15, -0.1) is 0 Å². The molecule has 0 spiro atoms. The molecule has 4 bridgehead atoms. The molecule has 3 saturated heterocycles. The van der Waals surface area contributed by atoms with Crippen molar-refractivity contribution in [3.8, 4) is 0 Å². The summed E-state index contributed by atoms with van der Waals surface area (Å²) in [5.41, 5.74) is -1.60. The van der Waals surface area contributed by atoms with Crippen LogP contribution in [0.1, 0.15) is 41.0 Å². The number of rotatable bonds is 0. The highest BCUT2D eigenvalue weighted by molar-refractivity contribution is 5.74. The SMILES string of the molecule is CC1C[C@@]2(C)O[C@@](C)(C1O)[C@]1(C)OC(=O)C(C)[C@@H]2O1. The first kappa shape index (κ1) is 13.3. The highest BCUT2D eigenvalue weighted by atomic mass is 16.8.